The summed E-state index contributed by atoms with van der Waals surface area (Å²) in [6, 6.07) is 6.62. The van der Waals surface area contributed by atoms with Crippen molar-refractivity contribution in [3.8, 4) is 0 Å². The first-order valence-electron chi connectivity index (χ1n) is 5.96. The molecule has 94 valence electrons. The molecule has 0 spiro atoms. The molecule has 2 atom stereocenters. The highest BCUT2D eigenvalue weighted by Gasteiger charge is 2.12. The Balaban J connectivity index is 2.55. The van der Waals surface area contributed by atoms with Crippen LogP contribution in [0.3, 0.4) is 0 Å². The number of aryl methyl sites for hydroxylation is 1. The van der Waals surface area contributed by atoms with Crippen LogP contribution in [0.4, 0.5) is 5.69 Å². The number of benzene rings is 1. The van der Waals surface area contributed by atoms with Crippen molar-refractivity contribution in [1.29, 1.82) is 0 Å². The summed E-state index contributed by atoms with van der Waals surface area (Å²) in [5.41, 5.74) is 1.20. The third-order valence-corrected chi connectivity index (χ3v) is 3.16. The van der Waals surface area contributed by atoms with Gasteiger partial charge in [-0.05, 0) is 31.2 Å². The molecule has 0 aliphatic heterocycles. The molecule has 0 aromatic heterocycles. The molecule has 0 aliphatic carbocycles. The van der Waals surface area contributed by atoms with Gasteiger partial charge in [0.15, 0.2) is 0 Å². The molecule has 0 saturated carbocycles. The van der Waals surface area contributed by atoms with Crippen LogP contribution in [-0.2, 0) is 6.42 Å². The Morgan fingerprint density at radius 3 is 2.35 bits per heavy atom. The van der Waals surface area contributed by atoms with E-state index in [0.29, 0.717) is 5.92 Å². The molecule has 0 saturated heterocycles. The van der Waals surface area contributed by atoms with Gasteiger partial charge in [-0.25, -0.2) is 0 Å². The van der Waals surface area contributed by atoms with Crippen LogP contribution in [0.15, 0.2) is 24.3 Å². The lowest BCUT2D eigenvalue weighted by molar-refractivity contribution is -0.384. The molecule has 4 nitrogen and oxygen atoms in total. The number of hydrogen-bond donors (Lipinski definition) is 1. The van der Waals surface area contributed by atoms with Gasteiger partial charge in [0.1, 0.15) is 0 Å². The van der Waals surface area contributed by atoms with E-state index in [1.54, 1.807) is 12.1 Å². The van der Waals surface area contributed by atoms with Crippen LogP contribution in [0.1, 0.15) is 32.3 Å². The second-order valence-corrected chi connectivity index (χ2v) is 4.37. The average Bonchev–Trinajstić information content (AvgIpc) is 2.30. The third kappa shape index (κ3) is 4.15. The Morgan fingerprint density at radius 1 is 1.35 bits per heavy atom. The van der Waals surface area contributed by atoms with Crippen LogP contribution >= 0.6 is 0 Å². The lowest BCUT2D eigenvalue weighted by Gasteiger charge is -2.17. The molecule has 1 rings (SSSR count). The number of aliphatic hydroxyl groups is 1. The number of nitrogens with zero attached hydrogens (tertiary/aromatic N) is 1. The first-order valence-corrected chi connectivity index (χ1v) is 5.96. The van der Waals surface area contributed by atoms with E-state index in [9.17, 15) is 15.2 Å². The van der Waals surface area contributed by atoms with E-state index in [4.69, 9.17) is 0 Å². The van der Waals surface area contributed by atoms with E-state index in [-0.39, 0.29) is 11.8 Å². The Labute approximate surface area is 101 Å². The van der Waals surface area contributed by atoms with Crippen molar-refractivity contribution >= 4 is 5.69 Å². The number of nitro benzene ring substituents is 1. The van der Waals surface area contributed by atoms with E-state index < -0.39 is 4.92 Å². The molecule has 0 radical (unpaired) electrons. The van der Waals surface area contributed by atoms with E-state index in [1.807, 2.05) is 6.92 Å². The standard InChI is InChI=1S/C13H19NO3/c1-3-12(10(2)15)7-4-11-5-8-13(9-6-11)14(16)17/h5-6,8-10,12,15H,3-4,7H2,1-2H3. The van der Waals surface area contributed by atoms with Gasteiger partial charge >= 0.3 is 0 Å². The number of rotatable bonds is 6. The molecular formula is C13H19NO3. The van der Waals surface area contributed by atoms with Gasteiger partial charge in [0.05, 0.1) is 11.0 Å². The largest absolute Gasteiger partial charge is 0.393 e. The number of aliphatic hydroxyl groups excluding tert-OH is 1. The van der Waals surface area contributed by atoms with E-state index in [0.717, 1.165) is 24.8 Å². The fraction of sp³-hybridized carbons (Fsp3) is 0.538. The molecule has 1 N–H and O–H groups in total. The van der Waals surface area contributed by atoms with Crippen LogP contribution in [-0.4, -0.2) is 16.1 Å². The first-order chi connectivity index (χ1) is 8.04. The molecule has 0 amide bonds. The summed E-state index contributed by atoms with van der Waals surface area (Å²) in [5, 5.41) is 20.0. The summed E-state index contributed by atoms with van der Waals surface area (Å²) in [7, 11) is 0. The minimum absolute atomic E-state index is 0.122. The second-order valence-electron chi connectivity index (χ2n) is 4.37. The lowest BCUT2D eigenvalue weighted by Crippen LogP contribution is -2.16. The van der Waals surface area contributed by atoms with Crippen molar-refractivity contribution in [2.24, 2.45) is 5.92 Å². The van der Waals surface area contributed by atoms with Crippen molar-refractivity contribution in [3.05, 3.63) is 39.9 Å². The fourth-order valence-electron chi connectivity index (χ4n) is 1.92. The highest BCUT2D eigenvalue weighted by atomic mass is 16.6. The van der Waals surface area contributed by atoms with Crippen LogP contribution in [0, 0.1) is 16.0 Å². The van der Waals surface area contributed by atoms with Crippen molar-refractivity contribution in [2.45, 2.75) is 39.2 Å². The van der Waals surface area contributed by atoms with Gasteiger partial charge in [0.25, 0.3) is 5.69 Å². The Kier molecular flexibility index (Phi) is 5.10. The van der Waals surface area contributed by atoms with Crippen LogP contribution in [0.5, 0.6) is 0 Å². The normalized spacial score (nSPS) is 14.3. The Bertz CT molecular complexity index is 359. The van der Waals surface area contributed by atoms with Gasteiger partial charge in [-0.1, -0.05) is 25.5 Å². The predicted octanol–water partition coefficient (Wildman–Crippen LogP) is 2.93. The van der Waals surface area contributed by atoms with Crippen molar-refractivity contribution < 1.29 is 10.0 Å². The SMILES string of the molecule is CCC(CCc1ccc([N+](=O)[O-])cc1)C(C)O. The number of non-ortho nitro benzene ring substituents is 1. The van der Waals surface area contributed by atoms with Gasteiger partial charge in [0.2, 0.25) is 0 Å². The Morgan fingerprint density at radius 2 is 1.94 bits per heavy atom. The number of hydrogen-bond acceptors (Lipinski definition) is 3. The van der Waals surface area contributed by atoms with E-state index >= 15 is 0 Å². The molecular weight excluding hydrogens is 218 g/mol. The smallest absolute Gasteiger partial charge is 0.269 e. The summed E-state index contributed by atoms with van der Waals surface area (Å²) in [5.74, 6) is 0.296. The van der Waals surface area contributed by atoms with Gasteiger partial charge in [0, 0.05) is 12.1 Å². The minimum Gasteiger partial charge on any atom is -0.393 e. The zero-order valence-electron chi connectivity index (χ0n) is 10.3. The quantitative estimate of drug-likeness (QED) is 0.611. The molecule has 0 aliphatic rings. The number of nitro groups is 1. The highest BCUT2D eigenvalue weighted by molar-refractivity contribution is 5.32. The maximum Gasteiger partial charge on any atom is 0.269 e. The van der Waals surface area contributed by atoms with Gasteiger partial charge in [-0.3, -0.25) is 10.1 Å². The first kappa shape index (κ1) is 13.6. The zero-order chi connectivity index (χ0) is 12.8. The third-order valence-electron chi connectivity index (χ3n) is 3.16. The topological polar surface area (TPSA) is 63.4 Å². The monoisotopic (exact) mass is 237 g/mol. The molecule has 0 bridgehead atoms. The summed E-state index contributed by atoms with van der Waals surface area (Å²) in [6.45, 7) is 3.87. The molecule has 17 heavy (non-hydrogen) atoms. The zero-order valence-corrected chi connectivity index (χ0v) is 10.3. The fourth-order valence-corrected chi connectivity index (χ4v) is 1.92. The molecule has 0 heterocycles. The molecule has 2 unspecified atom stereocenters. The van der Waals surface area contributed by atoms with Crippen LogP contribution in [0.25, 0.3) is 0 Å². The summed E-state index contributed by atoms with van der Waals surface area (Å²) < 4.78 is 0. The minimum atomic E-state index is -0.394. The van der Waals surface area contributed by atoms with Gasteiger partial charge in [-0.15, -0.1) is 0 Å². The molecule has 1 aromatic rings. The summed E-state index contributed by atoms with van der Waals surface area (Å²) in [6.07, 6.45) is 2.41. The van der Waals surface area contributed by atoms with E-state index in [2.05, 4.69) is 6.92 Å². The highest BCUT2D eigenvalue weighted by Crippen LogP contribution is 2.18. The summed E-state index contributed by atoms with van der Waals surface area (Å²) in [4.78, 5) is 10.1. The van der Waals surface area contributed by atoms with Crippen LogP contribution < -0.4 is 0 Å². The molecule has 0 fully saturated rings. The van der Waals surface area contributed by atoms with Crippen molar-refractivity contribution in [3.63, 3.8) is 0 Å². The van der Waals surface area contributed by atoms with Crippen molar-refractivity contribution in [2.75, 3.05) is 0 Å². The van der Waals surface area contributed by atoms with Crippen LogP contribution in [0.2, 0.25) is 0 Å². The summed E-state index contributed by atoms with van der Waals surface area (Å²) >= 11 is 0. The molecule has 4 heteroatoms. The predicted molar refractivity (Wildman–Crippen MR) is 66.9 cm³/mol. The van der Waals surface area contributed by atoms with Gasteiger partial charge in [-0.2, -0.15) is 0 Å². The van der Waals surface area contributed by atoms with Gasteiger partial charge < -0.3 is 5.11 Å². The average molecular weight is 237 g/mol. The maximum atomic E-state index is 10.5. The molecule has 1 aromatic carbocycles. The Hall–Kier alpha value is -1.42. The van der Waals surface area contributed by atoms with E-state index in [1.165, 1.54) is 12.1 Å². The second kappa shape index (κ2) is 6.35. The lowest BCUT2D eigenvalue weighted by atomic mass is 9.93. The maximum absolute atomic E-state index is 10.5. The van der Waals surface area contributed by atoms with Crippen molar-refractivity contribution in [1.82, 2.24) is 0 Å².